The van der Waals surface area contributed by atoms with Crippen LogP contribution in [0.15, 0.2) is 231 Å². The number of hydrogen-bond donors (Lipinski definition) is 0. The highest BCUT2D eigenvalue weighted by molar-refractivity contribution is 6.11. The average molecular weight is 820 g/mol. The quantitative estimate of drug-likeness (QED) is 0.153. The molecule has 12 rings (SSSR count). The van der Waals surface area contributed by atoms with Crippen LogP contribution in [0, 0.1) is 0 Å². The Morgan fingerprint density at radius 2 is 0.750 bits per heavy atom. The number of hydrogen-bond acceptors (Lipinski definition) is 3. The standard InChI is InChI=1S/C59H41N5/c1-62(45-23-8-3-9-24-45)58-56(40-19-6-2-7-20-40)60-59(44-34-36-55-51(39-44)49-30-15-17-32-53(49)64(55)47-27-12-5-13-28-47)61-57(58)43-22-18-21-41(37-43)42-33-35-54-50(38-42)48-29-14-16-31-52(48)63(54)46-25-10-4-11-26-46/h2-39H,1H3. The van der Waals surface area contributed by atoms with E-state index in [2.05, 4.69) is 252 Å². The van der Waals surface area contributed by atoms with E-state index in [4.69, 9.17) is 9.97 Å². The van der Waals surface area contributed by atoms with Crippen LogP contribution in [0.25, 0.3) is 100 Å². The summed E-state index contributed by atoms with van der Waals surface area (Å²) in [6, 6.07) is 81.9. The number of anilines is 2. The summed E-state index contributed by atoms with van der Waals surface area (Å²) >= 11 is 0. The third-order valence-electron chi connectivity index (χ3n) is 12.5. The van der Waals surface area contributed by atoms with Crippen molar-refractivity contribution in [2.24, 2.45) is 0 Å². The Bertz CT molecular complexity index is 3670. The predicted octanol–water partition coefficient (Wildman–Crippen LogP) is 15.1. The number of nitrogens with zero attached hydrogens (tertiary/aromatic N) is 5. The molecule has 0 saturated carbocycles. The van der Waals surface area contributed by atoms with E-state index >= 15 is 0 Å². The van der Waals surface area contributed by atoms with E-state index in [0.717, 1.165) is 78.4 Å². The zero-order valence-corrected chi connectivity index (χ0v) is 35.2. The summed E-state index contributed by atoms with van der Waals surface area (Å²) < 4.78 is 4.71. The lowest BCUT2D eigenvalue weighted by Gasteiger charge is -2.26. The molecule has 0 radical (unpaired) electrons. The molecule has 5 nitrogen and oxygen atoms in total. The first-order valence-electron chi connectivity index (χ1n) is 21.7. The highest BCUT2D eigenvalue weighted by atomic mass is 15.1. The van der Waals surface area contributed by atoms with Crippen LogP contribution >= 0.6 is 0 Å². The van der Waals surface area contributed by atoms with Gasteiger partial charge in [-0.15, -0.1) is 0 Å². The summed E-state index contributed by atoms with van der Waals surface area (Å²) in [6.07, 6.45) is 0. The molecule has 0 spiro atoms. The molecular weight excluding hydrogens is 779 g/mol. The van der Waals surface area contributed by atoms with E-state index in [1.54, 1.807) is 0 Å². The highest BCUT2D eigenvalue weighted by Crippen LogP contribution is 2.44. The third kappa shape index (κ3) is 6.25. The molecule has 9 aromatic carbocycles. The van der Waals surface area contributed by atoms with Gasteiger partial charge in [0.1, 0.15) is 0 Å². The third-order valence-corrected chi connectivity index (χ3v) is 12.5. The molecule has 12 aromatic rings. The molecule has 0 saturated heterocycles. The van der Waals surface area contributed by atoms with E-state index < -0.39 is 0 Å². The van der Waals surface area contributed by atoms with Crippen molar-refractivity contribution in [3.05, 3.63) is 231 Å². The van der Waals surface area contributed by atoms with E-state index in [0.29, 0.717) is 5.82 Å². The monoisotopic (exact) mass is 819 g/mol. The zero-order valence-electron chi connectivity index (χ0n) is 35.2. The van der Waals surface area contributed by atoms with Crippen molar-refractivity contribution in [3.8, 4) is 56.4 Å². The van der Waals surface area contributed by atoms with Gasteiger partial charge in [0, 0.05) is 62.3 Å². The lowest BCUT2D eigenvalue weighted by molar-refractivity contribution is 1.12. The highest BCUT2D eigenvalue weighted by Gasteiger charge is 2.24. The van der Waals surface area contributed by atoms with Gasteiger partial charge in [0.25, 0.3) is 0 Å². The summed E-state index contributed by atoms with van der Waals surface area (Å²) in [7, 11) is 2.12. The summed E-state index contributed by atoms with van der Waals surface area (Å²) in [5.41, 5.74) is 15.8. The lowest BCUT2D eigenvalue weighted by Crippen LogP contribution is -2.14. The Balaban J connectivity index is 1.08. The Kier molecular flexibility index (Phi) is 8.97. The summed E-state index contributed by atoms with van der Waals surface area (Å²) in [4.78, 5) is 13.3. The van der Waals surface area contributed by atoms with Crippen molar-refractivity contribution in [1.82, 2.24) is 19.1 Å². The Morgan fingerprint density at radius 3 is 1.34 bits per heavy atom. The molecule has 0 fully saturated rings. The normalized spacial score (nSPS) is 11.5. The van der Waals surface area contributed by atoms with Crippen LogP contribution in [0.4, 0.5) is 11.4 Å². The maximum absolute atomic E-state index is 5.60. The van der Waals surface area contributed by atoms with Crippen molar-refractivity contribution in [2.45, 2.75) is 0 Å². The van der Waals surface area contributed by atoms with Crippen LogP contribution in [0.2, 0.25) is 0 Å². The van der Waals surface area contributed by atoms with Crippen LogP contribution in [-0.2, 0) is 0 Å². The second-order valence-electron chi connectivity index (χ2n) is 16.3. The van der Waals surface area contributed by atoms with Crippen LogP contribution in [-0.4, -0.2) is 26.1 Å². The van der Waals surface area contributed by atoms with Gasteiger partial charge in [-0.05, 0) is 96.1 Å². The fraction of sp³-hybridized carbons (Fsp3) is 0.0169. The lowest BCUT2D eigenvalue weighted by atomic mass is 9.97. The Labute approximate surface area is 371 Å². The van der Waals surface area contributed by atoms with Crippen molar-refractivity contribution in [2.75, 3.05) is 11.9 Å². The first kappa shape index (κ1) is 37.2. The van der Waals surface area contributed by atoms with Gasteiger partial charge in [0.05, 0.1) is 39.1 Å². The topological polar surface area (TPSA) is 38.9 Å². The second kappa shape index (κ2) is 15.4. The first-order valence-corrected chi connectivity index (χ1v) is 21.7. The molecular formula is C59H41N5. The fourth-order valence-corrected chi connectivity index (χ4v) is 9.50. The van der Waals surface area contributed by atoms with E-state index in [9.17, 15) is 0 Å². The van der Waals surface area contributed by atoms with Crippen molar-refractivity contribution in [3.63, 3.8) is 0 Å². The summed E-state index contributed by atoms with van der Waals surface area (Å²) in [6.45, 7) is 0. The summed E-state index contributed by atoms with van der Waals surface area (Å²) in [5.74, 6) is 0.665. The van der Waals surface area contributed by atoms with Crippen molar-refractivity contribution < 1.29 is 0 Å². The molecule has 0 unspecified atom stereocenters. The van der Waals surface area contributed by atoms with Gasteiger partial charge < -0.3 is 14.0 Å². The number of aromatic nitrogens is 4. The maximum Gasteiger partial charge on any atom is 0.160 e. The molecule has 0 atom stereocenters. The van der Waals surface area contributed by atoms with Crippen LogP contribution in [0.5, 0.6) is 0 Å². The van der Waals surface area contributed by atoms with Gasteiger partial charge >= 0.3 is 0 Å². The molecule has 0 amide bonds. The smallest absolute Gasteiger partial charge is 0.160 e. The molecule has 3 aromatic heterocycles. The van der Waals surface area contributed by atoms with Gasteiger partial charge in [0.15, 0.2) is 5.82 Å². The van der Waals surface area contributed by atoms with Crippen molar-refractivity contribution >= 4 is 55.0 Å². The molecule has 0 aliphatic carbocycles. The van der Waals surface area contributed by atoms with Crippen LogP contribution < -0.4 is 4.90 Å². The number of para-hydroxylation sites is 5. The molecule has 3 heterocycles. The minimum atomic E-state index is 0.665. The molecule has 5 heteroatoms. The Morgan fingerprint density at radius 1 is 0.328 bits per heavy atom. The van der Waals surface area contributed by atoms with E-state index in [1.165, 1.54) is 27.2 Å². The van der Waals surface area contributed by atoms with Gasteiger partial charge in [-0.2, -0.15) is 0 Å². The average Bonchev–Trinajstić information content (AvgIpc) is 3.89. The number of fused-ring (bicyclic) bond motifs is 6. The minimum absolute atomic E-state index is 0.665. The van der Waals surface area contributed by atoms with Gasteiger partial charge in [-0.3, -0.25) is 0 Å². The largest absolute Gasteiger partial charge is 0.341 e. The van der Waals surface area contributed by atoms with E-state index in [-0.39, 0.29) is 0 Å². The van der Waals surface area contributed by atoms with Gasteiger partial charge in [-0.1, -0.05) is 146 Å². The van der Waals surface area contributed by atoms with Gasteiger partial charge in [-0.25, -0.2) is 9.97 Å². The first-order chi connectivity index (χ1) is 31.7. The summed E-state index contributed by atoms with van der Waals surface area (Å²) in [5, 5.41) is 4.78. The molecule has 0 N–H and O–H groups in total. The number of benzene rings is 9. The van der Waals surface area contributed by atoms with Gasteiger partial charge in [0.2, 0.25) is 0 Å². The minimum Gasteiger partial charge on any atom is -0.341 e. The zero-order chi connectivity index (χ0) is 42.6. The van der Waals surface area contributed by atoms with Crippen LogP contribution in [0.1, 0.15) is 0 Å². The van der Waals surface area contributed by atoms with E-state index in [1.807, 2.05) is 0 Å². The second-order valence-corrected chi connectivity index (χ2v) is 16.3. The molecule has 0 bridgehead atoms. The molecule has 0 aliphatic heterocycles. The Hall–Kier alpha value is -8.54. The van der Waals surface area contributed by atoms with Crippen LogP contribution in [0.3, 0.4) is 0 Å². The predicted molar refractivity (Wildman–Crippen MR) is 267 cm³/mol. The van der Waals surface area contributed by atoms with Crippen molar-refractivity contribution in [1.29, 1.82) is 0 Å². The fourth-order valence-electron chi connectivity index (χ4n) is 9.50. The maximum atomic E-state index is 5.60. The molecule has 0 aliphatic rings. The molecule has 302 valence electrons. The molecule has 64 heavy (non-hydrogen) atoms. The SMILES string of the molecule is CN(c1ccccc1)c1c(-c2ccccc2)nc(-c2ccc3c(c2)c2ccccc2n3-c2ccccc2)nc1-c1cccc(-c2ccc3c(c2)c2ccccc2n3-c2ccccc2)c1. The number of rotatable bonds is 8.